The lowest BCUT2D eigenvalue weighted by molar-refractivity contribution is 0.0520. The number of carbonyl (C=O) groups excluding carboxylic acids is 1. The Morgan fingerprint density at radius 3 is 2.60 bits per heavy atom. The van der Waals surface area contributed by atoms with Crippen LogP contribution in [0.15, 0.2) is 24.3 Å². The Balaban J connectivity index is 2.37. The van der Waals surface area contributed by atoms with E-state index in [9.17, 15) is 4.79 Å². The molecular weight excluding hydrogens is 256 g/mol. The number of alkyl carbamates (subject to hydrolysis) is 1. The van der Waals surface area contributed by atoms with Gasteiger partial charge in [-0.25, -0.2) is 4.79 Å². The van der Waals surface area contributed by atoms with Crippen LogP contribution in [0.25, 0.3) is 0 Å². The van der Waals surface area contributed by atoms with Gasteiger partial charge in [0.15, 0.2) is 0 Å². The second-order valence-electron chi connectivity index (χ2n) is 5.60. The van der Waals surface area contributed by atoms with Gasteiger partial charge in [0.1, 0.15) is 18.0 Å². The molecule has 0 fully saturated rings. The summed E-state index contributed by atoms with van der Waals surface area (Å²) in [6.07, 6.45) is -0.443. The van der Waals surface area contributed by atoms with Crippen LogP contribution in [0.1, 0.15) is 39.3 Å². The summed E-state index contributed by atoms with van der Waals surface area (Å²) >= 11 is 0. The number of ether oxygens (including phenoxy) is 2. The number of rotatable bonds is 5. The van der Waals surface area contributed by atoms with Crippen molar-refractivity contribution in [2.45, 2.75) is 39.3 Å². The molecule has 0 spiro atoms. The van der Waals surface area contributed by atoms with Crippen LogP contribution < -0.4 is 15.8 Å². The highest BCUT2D eigenvalue weighted by Crippen LogP contribution is 2.22. The van der Waals surface area contributed by atoms with Gasteiger partial charge in [0.25, 0.3) is 0 Å². The van der Waals surface area contributed by atoms with E-state index in [1.165, 1.54) is 0 Å². The minimum absolute atomic E-state index is 0.0926. The lowest BCUT2D eigenvalue weighted by Gasteiger charge is -2.20. The van der Waals surface area contributed by atoms with Gasteiger partial charge in [0.2, 0.25) is 0 Å². The van der Waals surface area contributed by atoms with Crippen LogP contribution in [0, 0.1) is 0 Å². The first-order valence-corrected chi connectivity index (χ1v) is 6.74. The SMILES string of the molecule is CC(N)c1ccccc1OCCNC(=O)OC(C)(C)C. The number of hydrogen-bond acceptors (Lipinski definition) is 4. The molecule has 0 saturated heterocycles. The van der Waals surface area contributed by atoms with E-state index in [0.717, 1.165) is 11.3 Å². The van der Waals surface area contributed by atoms with Crippen molar-refractivity contribution in [1.82, 2.24) is 5.32 Å². The summed E-state index contributed by atoms with van der Waals surface area (Å²) < 4.78 is 10.8. The Morgan fingerprint density at radius 2 is 2.00 bits per heavy atom. The van der Waals surface area contributed by atoms with E-state index in [4.69, 9.17) is 15.2 Å². The number of hydrogen-bond donors (Lipinski definition) is 2. The van der Waals surface area contributed by atoms with Crippen LogP contribution in [0.2, 0.25) is 0 Å². The number of carbonyl (C=O) groups is 1. The first kappa shape index (κ1) is 16.3. The number of amides is 1. The number of nitrogens with two attached hydrogens (primary N) is 1. The van der Waals surface area contributed by atoms with Gasteiger partial charge < -0.3 is 20.5 Å². The van der Waals surface area contributed by atoms with Crippen molar-refractivity contribution in [2.75, 3.05) is 13.2 Å². The predicted molar refractivity (Wildman–Crippen MR) is 78.8 cm³/mol. The summed E-state index contributed by atoms with van der Waals surface area (Å²) in [6.45, 7) is 8.11. The van der Waals surface area contributed by atoms with Gasteiger partial charge >= 0.3 is 6.09 Å². The van der Waals surface area contributed by atoms with Crippen molar-refractivity contribution in [3.05, 3.63) is 29.8 Å². The highest BCUT2D eigenvalue weighted by molar-refractivity contribution is 5.67. The van der Waals surface area contributed by atoms with Gasteiger partial charge in [-0.15, -0.1) is 0 Å². The van der Waals surface area contributed by atoms with Gasteiger partial charge in [0.05, 0.1) is 6.54 Å². The Labute approximate surface area is 120 Å². The zero-order valence-corrected chi connectivity index (χ0v) is 12.6. The van der Waals surface area contributed by atoms with E-state index in [0.29, 0.717) is 13.2 Å². The van der Waals surface area contributed by atoms with E-state index < -0.39 is 11.7 Å². The van der Waals surface area contributed by atoms with Crippen molar-refractivity contribution in [1.29, 1.82) is 0 Å². The van der Waals surface area contributed by atoms with Crippen molar-refractivity contribution in [2.24, 2.45) is 5.73 Å². The van der Waals surface area contributed by atoms with Crippen molar-refractivity contribution in [3.8, 4) is 5.75 Å². The Bertz CT molecular complexity index is 439. The maximum atomic E-state index is 11.4. The number of para-hydroxylation sites is 1. The summed E-state index contributed by atoms with van der Waals surface area (Å²) in [7, 11) is 0. The number of benzene rings is 1. The average Bonchev–Trinajstić information content (AvgIpc) is 2.33. The smallest absolute Gasteiger partial charge is 0.407 e. The van der Waals surface area contributed by atoms with Gasteiger partial charge in [-0.05, 0) is 33.8 Å². The van der Waals surface area contributed by atoms with E-state index >= 15 is 0 Å². The van der Waals surface area contributed by atoms with E-state index in [2.05, 4.69) is 5.32 Å². The fourth-order valence-electron chi connectivity index (χ4n) is 1.62. The maximum Gasteiger partial charge on any atom is 0.407 e. The minimum Gasteiger partial charge on any atom is -0.491 e. The second-order valence-corrected chi connectivity index (χ2v) is 5.60. The standard InChI is InChI=1S/C15H24N2O3/c1-11(16)12-7-5-6-8-13(12)19-10-9-17-14(18)20-15(2,3)4/h5-8,11H,9-10,16H2,1-4H3,(H,17,18). The fourth-order valence-corrected chi connectivity index (χ4v) is 1.62. The molecule has 0 saturated carbocycles. The second kappa shape index (κ2) is 7.14. The third-order valence-electron chi connectivity index (χ3n) is 2.44. The van der Waals surface area contributed by atoms with Crippen LogP contribution in [-0.4, -0.2) is 24.8 Å². The highest BCUT2D eigenvalue weighted by Gasteiger charge is 2.15. The summed E-state index contributed by atoms with van der Waals surface area (Å²) in [6, 6.07) is 7.52. The van der Waals surface area contributed by atoms with Crippen LogP contribution >= 0.6 is 0 Å². The molecule has 1 unspecified atom stereocenters. The summed E-state index contributed by atoms with van der Waals surface area (Å²) in [5.74, 6) is 0.744. The third-order valence-corrected chi connectivity index (χ3v) is 2.44. The molecule has 0 heterocycles. The molecule has 0 aliphatic carbocycles. The molecule has 1 atom stereocenters. The molecule has 0 bridgehead atoms. The van der Waals surface area contributed by atoms with E-state index in [1.807, 2.05) is 52.0 Å². The summed E-state index contributed by atoms with van der Waals surface area (Å²) in [4.78, 5) is 11.4. The maximum absolute atomic E-state index is 11.4. The molecular formula is C15H24N2O3. The summed E-state index contributed by atoms with van der Waals surface area (Å²) in [5, 5.41) is 2.64. The first-order valence-electron chi connectivity index (χ1n) is 6.74. The molecule has 20 heavy (non-hydrogen) atoms. The lowest BCUT2D eigenvalue weighted by atomic mass is 10.1. The molecule has 1 rings (SSSR count). The molecule has 0 aromatic heterocycles. The zero-order valence-electron chi connectivity index (χ0n) is 12.6. The largest absolute Gasteiger partial charge is 0.491 e. The van der Waals surface area contributed by atoms with Crippen LogP contribution in [0.3, 0.4) is 0 Å². The van der Waals surface area contributed by atoms with Crippen LogP contribution in [-0.2, 0) is 4.74 Å². The average molecular weight is 280 g/mol. The van der Waals surface area contributed by atoms with E-state index in [1.54, 1.807) is 0 Å². The van der Waals surface area contributed by atoms with Crippen LogP contribution in [0.4, 0.5) is 4.79 Å². The Morgan fingerprint density at radius 1 is 1.35 bits per heavy atom. The molecule has 5 nitrogen and oxygen atoms in total. The highest BCUT2D eigenvalue weighted by atomic mass is 16.6. The van der Waals surface area contributed by atoms with Gasteiger partial charge in [-0.1, -0.05) is 18.2 Å². The molecule has 5 heteroatoms. The predicted octanol–water partition coefficient (Wildman–Crippen LogP) is 2.61. The molecule has 0 radical (unpaired) electrons. The monoisotopic (exact) mass is 280 g/mol. The Hall–Kier alpha value is -1.75. The van der Waals surface area contributed by atoms with E-state index in [-0.39, 0.29) is 6.04 Å². The normalized spacial score (nSPS) is 12.7. The minimum atomic E-state index is -0.494. The molecule has 1 aromatic carbocycles. The molecule has 1 amide bonds. The topological polar surface area (TPSA) is 73.6 Å². The van der Waals surface area contributed by atoms with Crippen molar-refractivity contribution < 1.29 is 14.3 Å². The molecule has 1 aromatic rings. The molecule has 0 aliphatic rings. The van der Waals surface area contributed by atoms with Crippen LogP contribution in [0.5, 0.6) is 5.75 Å². The number of nitrogens with one attached hydrogen (secondary N) is 1. The lowest BCUT2D eigenvalue weighted by Crippen LogP contribution is -2.34. The van der Waals surface area contributed by atoms with Crippen molar-refractivity contribution in [3.63, 3.8) is 0 Å². The van der Waals surface area contributed by atoms with Gasteiger partial charge in [-0.2, -0.15) is 0 Å². The van der Waals surface area contributed by atoms with Gasteiger partial charge in [-0.3, -0.25) is 0 Å². The fraction of sp³-hybridized carbons (Fsp3) is 0.533. The first-order chi connectivity index (χ1) is 9.29. The molecule has 0 aliphatic heterocycles. The molecule has 3 N–H and O–H groups in total. The Kier molecular flexibility index (Phi) is 5.82. The molecule has 112 valence electrons. The third kappa shape index (κ3) is 5.93. The quantitative estimate of drug-likeness (QED) is 0.813. The summed E-state index contributed by atoms with van der Waals surface area (Å²) in [5.41, 5.74) is 6.32. The van der Waals surface area contributed by atoms with Crippen molar-refractivity contribution >= 4 is 6.09 Å². The zero-order chi connectivity index (χ0) is 15.2. The van der Waals surface area contributed by atoms with Gasteiger partial charge in [0, 0.05) is 11.6 Å².